The first-order valence-corrected chi connectivity index (χ1v) is 5.44. The number of rotatable bonds is 2. The molecular formula is C14H14N2O. The fourth-order valence-corrected chi connectivity index (χ4v) is 1.59. The smallest absolute Gasteiger partial charge is 0.276 e. The Kier molecular flexibility index (Phi) is 3.19. The van der Waals surface area contributed by atoms with E-state index in [-0.39, 0.29) is 5.91 Å². The predicted octanol–water partition coefficient (Wildman–Crippen LogP) is 2.67. The van der Waals surface area contributed by atoms with Crippen molar-refractivity contribution in [3.8, 4) is 0 Å². The third kappa shape index (κ3) is 2.50. The van der Waals surface area contributed by atoms with Crippen molar-refractivity contribution in [3.05, 3.63) is 59.9 Å². The molecule has 1 heterocycles. The maximum absolute atomic E-state index is 12.2. The van der Waals surface area contributed by atoms with Crippen molar-refractivity contribution in [1.29, 1.82) is 0 Å². The molecule has 0 unspecified atom stereocenters. The number of amides is 1. The van der Waals surface area contributed by atoms with Crippen molar-refractivity contribution in [3.63, 3.8) is 0 Å². The molecule has 0 saturated heterocycles. The summed E-state index contributed by atoms with van der Waals surface area (Å²) in [7, 11) is 1.75. The molecule has 2 aromatic rings. The van der Waals surface area contributed by atoms with Crippen LogP contribution in [0.2, 0.25) is 0 Å². The molecule has 0 bridgehead atoms. The van der Waals surface area contributed by atoms with E-state index in [4.69, 9.17) is 0 Å². The molecule has 0 saturated carbocycles. The van der Waals surface area contributed by atoms with Crippen LogP contribution in [0.5, 0.6) is 0 Å². The van der Waals surface area contributed by atoms with Gasteiger partial charge >= 0.3 is 0 Å². The number of anilines is 1. The van der Waals surface area contributed by atoms with Crippen LogP contribution in [-0.4, -0.2) is 17.9 Å². The number of carbonyl (C=O) groups is 1. The average Bonchev–Trinajstić information content (AvgIpc) is 2.38. The molecule has 1 aromatic heterocycles. The third-order valence-electron chi connectivity index (χ3n) is 2.58. The van der Waals surface area contributed by atoms with Crippen molar-refractivity contribution in [2.24, 2.45) is 0 Å². The third-order valence-corrected chi connectivity index (χ3v) is 2.58. The second-order valence-electron chi connectivity index (χ2n) is 3.92. The van der Waals surface area contributed by atoms with Crippen molar-refractivity contribution in [1.82, 2.24) is 4.98 Å². The maximum Gasteiger partial charge on any atom is 0.276 e. The molecule has 3 heteroatoms. The SMILES string of the molecule is Cc1ccnc(C(=O)N(C)c2ccccc2)c1. The van der Waals surface area contributed by atoms with Crippen LogP contribution in [0.15, 0.2) is 48.7 Å². The van der Waals surface area contributed by atoms with Crippen LogP contribution in [0.4, 0.5) is 5.69 Å². The van der Waals surface area contributed by atoms with Gasteiger partial charge in [0.15, 0.2) is 0 Å². The number of benzene rings is 1. The fraction of sp³-hybridized carbons (Fsp3) is 0.143. The molecular weight excluding hydrogens is 212 g/mol. The highest BCUT2D eigenvalue weighted by Crippen LogP contribution is 2.14. The zero-order valence-corrected chi connectivity index (χ0v) is 9.92. The second-order valence-corrected chi connectivity index (χ2v) is 3.92. The van der Waals surface area contributed by atoms with Crippen LogP contribution in [0, 0.1) is 6.92 Å². The lowest BCUT2D eigenvalue weighted by molar-refractivity contribution is 0.0988. The first-order chi connectivity index (χ1) is 8.18. The number of aromatic nitrogens is 1. The summed E-state index contributed by atoms with van der Waals surface area (Å²) in [6.45, 7) is 1.95. The number of hydrogen-bond acceptors (Lipinski definition) is 2. The van der Waals surface area contributed by atoms with Gasteiger partial charge in [-0.05, 0) is 36.8 Å². The van der Waals surface area contributed by atoms with E-state index in [9.17, 15) is 4.79 Å². The van der Waals surface area contributed by atoms with Crippen molar-refractivity contribution in [2.45, 2.75) is 6.92 Å². The summed E-state index contributed by atoms with van der Waals surface area (Å²) >= 11 is 0. The van der Waals surface area contributed by atoms with Gasteiger partial charge in [-0.3, -0.25) is 9.78 Å². The van der Waals surface area contributed by atoms with Gasteiger partial charge in [0.25, 0.3) is 5.91 Å². The van der Waals surface area contributed by atoms with E-state index < -0.39 is 0 Å². The Balaban J connectivity index is 2.27. The Morgan fingerprint density at radius 3 is 2.53 bits per heavy atom. The predicted molar refractivity (Wildman–Crippen MR) is 68.1 cm³/mol. The zero-order chi connectivity index (χ0) is 12.3. The standard InChI is InChI=1S/C14H14N2O/c1-11-8-9-15-13(10-11)14(17)16(2)12-6-4-3-5-7-12/h3-10H,1-2H3. The summed E-state index contributed by atoms with van der Waals surface area (Å²) in [5.41, 5.74) is 2.36. The molecule has 0 fully saturated rings. The van der Waals surface area contributed by atoms with E-state index in [1.807, 2.05) is 43.3 Å². The van der Waals surface area contributed by atoms with Gasteiger partial charge in [0.1, 0.15) is 5.69 Å². The Labute approximate surface area is 101 Å². The Morgan fingerprint density at radius 1 is 1.18 bits per heavy atom. The largest absolute Gasteiger partial charge is 0.310 e. The van der Waals surface area contributed by atoms with Crippen LogP contribution >= 0.6 is 0 Å². The second kappa shape index (κ2) is 4.78. The minimum absolute atomic E-state index is 0.0973. The van der Waals surface area contributed by atoms with Crippen LogP contribution in [0.1, 0.15) is 16.1 Å². The highest BCUT2D eigenvalue weighted by molar-refractivity contribution is 6.04. The lowest BCUT2D eigenvalue weighted by atomic mass is 10.2. The molecule has 0 aliphatic carbocycles. The molecule has 86 valence electrons. The van der Waals surface area contributed by atoms with Gasteiger partial charge in [-0.15, -0.1) is 0 Å². The van der Waals surface area contributed by atoms with Crippen LogP contribution in [0.25, 0.3) is 0 Å². The Morgan fingerprint density at radius 2 is 1.88 bits per heavy atom. The van der Waals surface area contributed by atoms with E-state index in [2.05, 4.69) is 4.98 Å². The molecule has 1 aromatic carbocycles. The molecule has 3 nitrogen and oxygen atoms in total. The van der Waals surface area contributed by atoms with Crippen molar-refractivity contribution >= 4 is 11.6 Å². The van der Waals surface area contributed by atoms with Gasteiger partial charge in [-0.2, -0.15) is 0 Å². The molecule has 2 rings (SSSR count). The molecule has 0 spiro atoms. The van der Waals surface area contributed by atoms with E-state index in [0.29, 0.717) is 5.69 Å². The van der Waals surface area contributed by atoms with Gasteiger partial charge in [0.05, 0.1) is 0 Å². The summed E-state index contributed by atoms with van der Waals surface area (Å²) in [4.78, 5) is 17.9. The van der Waals surface area contributed by atoms with E-state index in [1.54, 1.807) is 24.2 Å². The quantitative estimate of drug-likeness (QED) is 0.788. The summed E-state index contributed by atoms with van der Waals surface area (Å²) in [6, 6.07) is 13.2. The summed E-state index contributed by atoms with van der Waals surface area (Å²) in [5.74, 6) is -0.0973. The first kappa shape index (κ1) is 11.3. The van der Waals surface area contributed by atoms with Crippen LogP contribution < -0.4 is 4.90 Å². The number of pyridine rings is 1. The fourth-order valence-electron chi connectivity index (χ4n) is 1.59. The number of hydrogen-bond donors (Lipinski definition) is 0. The average molecular weight is 226 g/mol. The lowest BCUT2D eigenvalue weighted by Gasteiger charge is -2.16. The van der Waals surface area contributed by atoms with Crippen LogP contribution in [0.3, 0.4) is 0 Å². The Hall–Kier alpha value is -2.16. The topological polar surface area (TPSA) is 33.2 Å². The normalized spacial score (nSPS) is 10.0. The van der Waals surface area contributed by atoms with Crippen molar-refractivity contribution in [2.75, 3.05) is 11.9 Å². The van der Waals surface area contributed by atoms with Gasteiger partial charge in [0.2, 0.25) is 0 Å². The molecule has 0 aliphatic rings. The zero-order valence-electron chi connectivity index (χ0n) is 9.92. The van der Waals surface area contributed by atoms with Crippen molar-refractivity contribution < 1.29 is 4.79 Å². The lowest BCUT2D eigenvalue weighted by Crippen LogP contribution is -2.27. The van der Waals surface area contributed by atoms with Gasteiger partial charge in [-0.25, -0.2) is 0 Å². The minimum Gasteiger partial charge on any atom is -0.310 e. The number of carbonyl (C=O) groups excluding carboxylic acids is 1. The number of para-hydroxylation sites is 1. The van der Waals surface area contributed by atoms with Gasteiger partial charge in [0, 0.05) is 18.9 Å². The molecule has 0 atom stereocenters. The molecule has 0 N–H and O–H groups in total. The van der Waals surface area contributed by atoms with E-state index >= 15 is 0 Å². The summed E-state index contributed by atoms with van der Waals surface area (Å²) in [6.07, 6.45) is 1.65. The summed E-state index contributed by atoms with van der Waals surface area (Å²) < 4.78 is 0. The van der Waals surface area contributed by atoms with Gasteiger partial charge in [-0.1, -0.05) is 18.2 Å². The minimum atomic E-state index is -0.0973. The molecule has 0 radical (unpaired) electrons. The number of aryl methyl sites for hydroxylation is 1. The highest BCUT2D eigenvalue weighted by Gasteiger charge is 2.14. The molecule has 1 amide bonds. The molecule has 0 aliphatic heterocycles. The number of nitrogens with zero attached hydrogens (tertiary/aromatic N) is 2. The highest BCUT2D eigenvalue weighted by atomic mass is 16.2. The maximum atomic E-state index is 12.2. The monoisotopic (exact) mass is 226 g/mol. The van der Waals surface area contributed by atoms with E-state index in [0.717, 1.165) is 11.3 Å². The Bertz CT molecular complexity index is 523. The van der Waals surface area contributed by atoms with E-state index in [1.165, 1.54) is 0 Å². The van der Waals surface area contributed by atoms with Gasteiger partial charge < -0.3 is 4.90 Å². The first-order valence-electron chi connectivity index (χ1n) is 5.44. The molecule has 17 heavy (non-hydrogen) atoms. The van der Waals surface area contributed by atoms with Crippen LogP contribution in [-0.2, 0) is 0 Å². The summed E-state index contributed by atoms with van der Waals surface area (Å²) in [5, 5.41) is 0.